The third kappa shape index (κ3) is 3.72. The summed E-state index contributed by atoms with van der Waals surface area (Å²) < 4.78 is 13.6. The van der Waals surface area contributed by atoms with Gasteiger partial charge >= 0.3 is 0 Å². The minimum absolute atomic E-state index is 0.619. The van der Waals surface area contributed by atoms with Gasteiger partial charge in [-0.1, -0.05) is 146 Å². The highest BCUT2D eigenvalue weighted by molar-refractivity contribution is 6.17. The molecule has 13 rings (SSSR count). The van der Waals surface area contributed by atoms with Crippen molar-refractivity contribution in [1.82, 2.24) is 0 Å². The first-order valence-corrected chi connectivity index (χ1v) is 19.3. The van der Waals surface area contributed by atoms with Crippen molar-refractivity contribution >= 4 is 71.7 Å². The normalized spacial score (nSPS) is 15.2. The van der Waals surface area contributed by atoms with Crippen molar-refractivity contribution in [3.63, 3.8) is 0 Å². The lowest BCUT2D eigenvalue weighted by molar-refractivity contribution is 0.666. The quantitative estimate of drug-likeness (QED) is 0.183. The SMILES string of the molecule is c1ccc(N(c2ccc3c(c2)C2(c4ccccc4-3)c3ccc4c(oc5ccccc54)c3-c3cccc4cccc2c34)c2cccc3c2oc2ccccc23)cc1. The van der Waals surface area contributed by atoms with E-state index in [4.69, 9.17) is 8.83 Å². The molecule has 0 amide bonds. The highest BCUT2D eigenvalue weighted by Gasteiger charge is 2.51. The molecule has 2 aromatic heterocycles. The molecule has 0 saturated heterocycles. The fourth-order valence-electron chi connectivity index (χ4n) is 10.3. The largest absolute Gasteiger partial charge is 0.455 e. The van der Waals surface area contributed by atoms with Gasteiger partial charge in [0, 0.05) is 38.5 Å². The van der Waals surface area contributed by atoms with Crippen LogP contribution in [0.1, 0.15) is 22.3 Å². The molecule has 0 bridgehead atoms. The van der Waals surface area contributed by atoms with Gasteiger partial charge in [-0.3, -0.25) is 0 Å². The monoisotopic (exact) mass is 713 g/mol. The molecule has 0 saturated carbocycles. The average Bonchev–Trinajstić information content (AvgIpc) is 3.92. The molecule has 2 aliphatic rings. The first-order valence-electron chi connectivity index (χ1n) is 19.3. The van der Waals surface area contributed by atoms with E-state index in [0.29, 0.717) is 0 Å². The molecule has 0 radical (unpaired) electrons. The summed E-state index contributed by atoms with van der Waals surface area (Å²) in [7, 11) is 0. The van der Waals surface area contributed by atoms with Crippen molar-refractivity contribution in [2.45, 2.75) is 5.41 Å². The number of anilines is 3. The maximum absolute atomic E-state index is 6.90. The number of nitrogens with zero attached hydrogens (tertiary/aromatic N) is 1. The van der Waals surface area contributed by atoms with Crippen LogP contribution in [0.4, 0.5) is 17.1 Å². The number of hydrogen-bond donors (Lipinski definition) is 0. The molecule has 0 fully saturated rings. The average molecular weight is 714 g/mol. The highest BCUT2D eigenvalue weighted by atomic mass is 16.3. The highest BCUT2D eigenvalue weighted by Crippen LogP contribution is 2.63. The fraction of sp³-hybridized carbons (Fsp3) is 0.0189. The fourth-order valence-corrected chi connectivity index (χ4v) is 10.3. The summed E-state index contributed by atoms with van der Waals surface area (Å²) in [5, 5.41) is 6.99. The summed E-state index contributed by atoms with van der Waals surface area (Å²) in [4.78, 5) is 2.36. The molecule has 1 unspecified atom stereocenters. The first-order chi connectivity index (χ1) is 27.8. The van der Waals surface area contributed by atoms with E-state index in [2.05, 4.69) is 187 Å². The number of fused-ring (bicyclic) bond motifs is 16. The number of furan rings is 2. The van der Waals surface area contributed by atoms with Crippen molar-refractivity contribution in [3.05, 3.63) is 210 Å². The van der Waals surface area contributed by atoms with Crippen molar-refractivity contribution in [1.29, 1.82) is 0 Å². The lowest BCUT2D eigenvalue weighted by atomic mass is 9.61. The lowest BCUT2D eigenvalue weighted by Gasteiger charge is -2.40. The second-order valence-electron chi connectivity index (χ2n) is 15.1. The molecule has 3 heteroatoms. The van der Waals surface area contributed by atoms with Gasteiger partial charge in [0.25, 0.3) is 0 Å². The minimum atomic E-state index is -0.619. The Labute approximate surface area is 322 Å². The van der Waals surface area contributed by atoms with Gasteiger partial charge in [-0.05, 0) is 92.2 Å². The Bertz CT molecular complexity index is 3440. The molecule has 3 nitrogen and oxygen atoms in total. The van der Waals surface area contributed by atoms with Crippen LogP contribution in [-0.2, 0) is 5.41 Å². The third-order valence-corrected chi connectivity index (χ3v) is 12.5. The van der Waals surface area contributed by atoms with E-state index in [1.165, 1.54) is 55.3 Å². The van der Waals surface area contributed by atoms with E-state index < -0.39 is 5.41 Å². The van der Waals surface area contributed by atoms with Crippen LogP contribution < -0.4 is 4.90 Å². The Kier molecular flexibility index (Phi) is 5.83. The molecule has 9 aromatic carbocycles. The van der Waals surface area contributed by atoms with Crippen molar-refractivity contribution in [3.8, 4) is 22.3 Å². The van der Waals surface area contributed by atoms with Crippen LogP contribution in [0.5, 0.6) is 0 Å². The zero-order valence-electron chi connectivity index (χ0n) is 30.2. The van der Waals surface area contributed by atoms with Crippen LogP contribution in [-0.4, -0.2) is 0 Å². The van der Waals surface area contributed by atoms with E-state index in [1.807, 2.05) is 6.07 Å². The van der Waals surface area contributed by atoms with E-state index in [1.54, 1.807) is 0 Å². The van der Waals surface area contributed by atoms with Crippen LogP contribution in [0, 0.1) is 0 Å². The molecule has 0 aliphatic heterocycles. The topological polar surface area (TPSA) is 29.5 Å². The molecule has 2 heterocycles. The van der Waals surface area contributed by atoms with E-state index >= 15 is 0 Å². The van der Waals surface area contributed by atoms with Gasteiger partial charge in [-0.25, -0.2) is 0 Å². The minimum Gasteiger partial charge on any atom is -0.455 e. The summed E-state index contributed by atoms with van der Waals surface area (Å²) in [6, 6.07) is 68.2. The van der Waals surface area contributed by atoms with Gasteiger partial charge in [0.15, 0.2) is 5.58 Å². The van der Waals surface area contributed by atoms with Crippen LogP contribution in [0.15, 0.2) is 197 Å². The molecule has 260 valence electrons. The van der Waals surface area contributed by atoms with Crippen LogP contribution >= 0.6 is 0 Å². The Morgan fingerprint density at radius 3 is 1.84 bits per heavy atom. The molecule has 11 aromatic rings. The Morgan fingerprint density at radius 1 is 0.375 bits per heavy atom. The van der Waals surface area contributed by atoms with E-state index in [9.17, 15) is 0 Å². The Hall–Kier alpha value is -7.36. The Morgan fingerprint density at radius 2 is 1.00 bits per heavy atom. The van der Waals surface area contributed by atoms with Crippen LogP contribution in [0.3, 0.4) is 0 Å². The van der Waals surface area contributed by atoms with E-state index in [0.717, 1.165) is 60.9 Å². The van der Waals surface area contributed by atoms with Crippen molar-refractivity contribution < 1.29 is 8.83 Å². The number of para-hydroxylation sites is 4. The zero-order valence-corrected chi connectivity index (χ0v) is 30.2. The smallest absolute Gasteiger partial charge is 0.159 e. The summed E-state index contributed by atoms with van der Waals surface area (Å²) in [6.45, 7) is 0. The predicted molar refractivity (Wildman–Crippen MR) is 229 cm³/mol. The van der Waals surface area contributed by atoms with E-state index in [-0.39, 0.29) is 0 Å². The van der Waals surface area contributed by atoms with Gasteiger partial charge in [0.1, 0.15) is 16.7 Å². The summed E-state index contributed by atoms with van der Waals surface area (Å²) >= 11 is 0. The van der Waals surface area contributed by atoms with Gasteiger partial charge in [0.2, 0.25) is 0 Å². The number of hydrogen-bond acceptors (Lipinski definition) is 3. The maximum Gasteiger partial charge on any atom is 0.159 e. The second kappa shape index (κ2) is 10.9. The lowest BCUT2D eigenvalue weighted by Crippen LogP contribution is -2.32. The van der Waals surface area contributed by atoms with Crippen LogP contribution in [0.2, 0.25) is 0 Å². The Balaban J connectivity index is 1.17. The molecular weight excluding hydrogens is 683 g/mol. The molecule has 1 atom stereocenters. The molecule has 2 aliphatic carbocycles. The number of rotatable bonds is 3. The van der Waals surface area contributed by atoms with Crippen molar-refractivity contribution in [2.75, 3.05) is 4.90 Å². The van der Waals surface area contributed by atoms with Crippen LogP contribution in [0.25, 0.3) is 76.9 Å². The predicted octanol–water partition coefficient (Wildman–Crippen LogP) is 14.5. The first kappa shape index (κ1) is 30.0. The summed E-state index contributed by atoms with van der Waals surface area (Å²) in [5.41, 5.74) is 16.1. The molecular formula is C53H31NO2. The standard InChI is InChI=1S/C53H31NO2/c1-2-15-33(16-3-1)54(46-24-12-20-39-37-18-5-8-25-47(37)55-51(39)46)34-27-28-36-35-17-4-7-22-42(35)53(45(36)31-34)43-23-11-14-32-13-10-21-41(49(32)43)50-44(53)30-29-40-38-19-6-9-26-48(38)56-52(40)50/h1-31H. The van der Waals surface area contributed by atoms with Gasteiger partial charge in [-0.2, -0.15) is 0 Å². The molecule has 0 N–H and O–H groups in total. The summed E-state index contributed by atoms with van der Waals surface area (Å²) in [6.07, 6.45) is 0. The number of benzene rings is 9. The van der Waals surface area contributed by atoms with Crippen molar-refractivity contribution in [2.24, 2.45) is 0 Å². The van der Waals surface area contributed by atoms with Gasteiger partial charge in [-0.15, -0.1) is 0 Å². The molecule has 1 spiro atoms. The summed E-state index contributed by atoms with van der Waals surface area (Å²) in [5.74, 6) is 0. The third-order valence-electron chi connectivity index (χ3n) is 12.5. The van der Waals surface area contributed by atoms with Gasteiger partial charge in [0.05, 0.1) is 11.1 Å². The maximum atomic E-state index is 6.90. The molecule has 56 heavy (non-hydrogen) atoms. The second-order valence-corrected chi connectivity index (χ2v) is 15.1. The zero-order chi connectivity index (χ0) is 36.5. The van der Waals surface area contributed by atoms with Gasteiger partial charge < -0.3 is 13.7 Å².